The number of nitrogens with zero attached hydrogens (tertiary/aromatic N) is 2. The number of nitrogens with one attached hydrogen (secondary N) is 3. The molecule has 0 amide bonds. The Morgan fingerprint density at radius 2 is 2.11 bits per heavy atom. The lowest BCUT2D eigenvalue weighted by atomic mass is 10.1. The van der Waals surface area contributed by atoms with Crippen LogP contribution in [0.2, 0.25) is 0 Å². The van der Waals surface area contributed by atoms with Gasteiger partial charge in [-0.2, -0.15) is 13.2 Å². The number of aromatic amines is 1. The molecule has 0 aliphatic rings. The van der Waals surface area contributed by atoms with Crippen LogP contribution >= 0.6 is 11.3 Å². The molecule has 2 heterocycles. The smallest absolute Gasteiger partial charge is 0.361 e. The van der Waals surface area contributed by atoms with Crippen molar-refractivity contribution in [3.63, 3.8) is 0 Å². The molecule has 0 radical (unpaired) electrons. The zero-order valence-corrected chi connectivity index (χ0v) is 16.5. The van der Waals surface area contributed by atoms with Crippen LogP contribution < -0.4 is 10.6 Å². The van der Waals surface area contributed by atoms with Gasteiger partial charge in [-0.25, -0.2) is 9.98 Å². The summed E-state index contributed by atoms with van der Waals surface area (Å²) in [6, 6.07) is 6.16. The molecule has 150 valence electrons. The maximum Gasteiger partial charge on any atom is 0.434 e. The summed E-state index contributed by atoms with van der Waals surface area (Å²) >= 11 is 0.963. The molecule has 0 unspecified atom stereocenters. The molecule has 0 spiro atoms. The predicted octanol–water partition coefficient (Wildman–Crippen LogP) is 4.25. The molecule has 3 aromatic rings. The number of aliphatic imine (C=N–C) groups is 1. The van der Waals surface area contributed by atoms with Crippen LogP contribution in [0.4, 0.5) is 13.2 Å². The van der Waals surface area contributed by atoms with Crippen molar-refractivity contribution in [2.75, 3.05) is 13.1 Å². The summed E-state index contributed by atoms with van der Waals surface area (Å²) in [6.07, 6.45) is -1.61. The number of benzene rings is 1. The highest BCUT2D eigenvalue weighted by Gasteiger charge is 2.33. The molecular formula is C19H22F3N5S. The van der Waals surface area contributed by atoms with Gasteiger partial charge in [-0.15, -0.1) is 11.3 Å². The second kappa shape index (κ2) is 8.64. The Morgan fingerprint density at radius 3 is 2.82 bits per heavy atom. The highest BCUT2D eigenvalue weighted by atomic mass is 32.1. The van der Waals surface area contributed by atoms with Gasteiger partial charge in [-0.1, -0.05) is 12.1 Å². The van der Waals surface area contributed by atoms with E-state index in [1.54, 1.807) is 0 Å². The molecule has 2 aromatic heterocycles. The minimum Gasteiger partial charge on any atom is -0.361 e. The Morgan fingerprint density at radius 1 is 1.29 bits per heavy atom. The van der Waals surface area contributed by atoms with Crippen LogP contribution in [0.3, 0.4) is 0 Å². The van der Waals surface area contributed by atoms with Crippen LogP contribution in [0.1, 0.15) is 28.8 Å². The van der Waals surface area contributed by atoms with Crippen molar-refractivity contribution in [3.05, 3.63) is 51.6 Å². The molecule has 0 aliphatic heterocycles. The first-order valence-electron chi connectivity index (χ1n) is 8.98. The van der Waals surface area contributed by atoms with E-state index in [9.17, 15) is 13.2 Å². The normalized spacial score (nSPS) is 12.5. The molecule has 1 aromatic carbocycles. The fraction of sp³-hybridized carbons (Fsp3) is 0.368. The summed E-state index contributed by atoms with van der Waals surface area (Å²) in [6.45, 7) is 5.43. The zero-order valence-electron chi connectivity index (χ0n) is 15.7. The van der Waals surface area contributed by atoms with Crippen LogP contribution in [-0.4, -0.2) is 29.0 Å². The van der Waals surface area contributed by atoms with Gasteiger partial charge in [0, 0.05) is 35.6 Å². The Kier molecular flexibility index (Phi) is 6.23. The first kappa shape index (κ1) is 20.2. The van der Waals surface area contributed by atoms with Crippen molar-refractivity contribution in [1.82, 2.24) is 20.6 Å². The van der Waals surface area contributed by atoms with E-state index in [2.05, 4.69) is 38.6 Å². The third-order valence-electron chi connectivity index (χ3n) is 4.24. The SMILES string of the molecule is CCNC(=NCc1nc(C(F)(F)F)cs1)NCCc1c[nH]c2cccc(C)c12. The number of thiazole rings is 1. The number of hydrogen-bond acceptors (Lipinski definition) is 3. The molecular weight excluding hydrogens is 387 g/mol. The number of hydrogen-bond donors (Lipinski definition) is 3. The van der Waals surface area contributed by atoms with Crippen LogP contribution in [0.5, 0.6) is 0 Å². The van der Waals surface area contributed by atoms with Crippen molar-refractivity contribution in [1.29, 1.82) is 0 Å². The highest BCUT2D eigenvalue weighted by molar-refractivity contribution is 7.09. The molecule has 0 aliphatic carbocycles. The maximum absolute atomic E-state index is 12.6. The first-order valence-corrected chi connectivity index (χ1v) is 9.85. The van der Waals surface area contributed by atoms with Crippen LogP contribution in [0.15, 0.2) is 34.8 Å². The number of guanidine groups is 1. The number of rotatable bonds is 6. The lowest BCUT2D eigenvalue weighted by Gasteiger charge is -2.11. The summed E-state index contributed by atoms with van der Waals surface area (Å²) < 4.78 is 37.9. The van der Waals surface area contributed by atoms with Gasteiger partial charge in [0.1, 0.15) is 5.01 Å². The number of aryl methyl sites for hydroxylation is 1. The van der Waals surface area contributed by atoms with Gasteiger partial charge in [0.05, 0.1) is 6.54 Å². The van der Waals surface area contributed by atoms with Crippen molar-refractivity contribution >= 4 is 28.2 Å². The molecule has 5 nitrogen and oxygen atoms in total. The molecule has 0 fully saturated rings. The van der Waals surface area contributed by atoms with Crippen molar-refractivity contribution in [2.24, 2.45) is 4.99 Å². The number of fused-ring (bicyclic) bond motifs is 1. The minimum atomic E-state index is -4.42. The third kappa shape index (κ3) is 4.83. The second-order valence-electron chi connectivity index (χ2n) is 6.31. The average Bonchev–Trinajstić information content (AvgIpc) is 3.27. The van der Waals surface area contributed by atoms with Gasteiger partial charge in [0.15, 0.2) is 11.7 Å². The van der Waals surface area contributed by atoms with Gasteiger partial charge in [0.2, 0.25) is 0 Å². The summed E-state index contributed by atoms with van der Waals surface area (Å²) in [5.41, 5.74) is 2.68. The second-order valence-corrected chi connectivity index (χ2v) is 7.25. The lowest BCUT2D eigenvalue weighted by Crippen LogP contribution is -2.38. The summed E-state index contributed by atoms with van der Waals surface area (Å²) in [4.78, 5) is 11.2. The lowest BCUT2D eigenvalue weighted by molar-refractivity contribution is -0.140. The van der Waals surface area contributed by atoms with Crippen molar-refractivity contribution in [2.45, 2.75) is 33.0 Å². The Bertz CT molecular complexity index is 958. The van der Waals surface area contributed by atoms with Crippen LogP contribution in [0.25, 0.3) is 10.9 Å². The Labute approximate surface area is 165 Å². The van der Waals surface area contributed by atoms with E-state index in [0.717, 1.165) is 28.7 Å². The largest absolute Gasteiger partial charge is 0.434 e. The van der Waals surface area contributed by atoms with Crippen LogP contribution in [-0.2, 0) is 19.1 Å². The molecule has 0 saturated carbocycles. The third-order valence-corrected chi connectivity index (χ3v) is 5.08. The van der Waals surface area contributed by atoms with E-state index in [-0.39, 0.29) is 6.54 Å². The van der Waals surface area contributed by atoms with Crippen LogP contribution in [0, 0.1) is 6.92 Å². The predicted molar refractivity (Wildman–Crippen MR) is 107 cm³/mol. The van der Waals surface area contributed by atoms with E-state index < -0.39 is 11.9 Å². The molecule has 28 heavy (non-hydrogen) atoms. The monoisotopic (exact) mass is 409 g/mol. The zero-order chi connectivity index (χ0) is 20.1. The maximum atomic E-state index is 12.6. The van der Waals surface area contributed by atoms with Gasteiger partial charge < -0.3 is 15.6 Å². The highest BCUT2D eigenvalue weighted by Crippen LogP contribution is 2.30. The number of H-pyrrole nitrogens is 1. The molecule has 0 atom stereocenters. The Hall–Kier alpha value is -2.55. The fourth-order valence-electron chi connectivity index (χ4n) is 2.97. The van der Waals surface area contributed by atoms with E-state index in [0.29, 0.717) is 24.1 Å². The van der Waals surface area contributed by atoms with Gasteiger partial charge in [-0.3, -0.25) is 0 Å². The number of alkyl halides is 3. The summed E-state index contributed by atoms with van der Waals surface area (Å²) in [5.74, 6) is 0.558. The van der Waals surface area contributed by atoms with Gasteiger partial charge in [0.25, 0.3) is 0 Å². The van der Waals surface area contributed by atoms with E-state index >= 15 is 0 Å². The standard InChI is InChI=1S/C19H22F3N5S/c1-3-23-18(26-10-16-27-15(11-28-16)19(20,21)22)24-8-7-13-9-25-14-6-4-5-12(2)17(13)14/h4-6,9,11,25H,3,7-8,10H2,1-2H3,(H2,23,24,26). The molecule has 0 saturated heterocycles. The molecule has 9 heteroatoms. The summed E-state index contributed by atoms with van der Waals surface area (Å²) in [5, 5.41) is 8.91. The molecule has 3 N–H and O–H groups in total. The minimum absolute atomic E-state index is 0.0995. The van der Waals surface area contributed by atoms with E-state index in [4.69, 9.17) is 0 Å². The van der Waals surface area contributed by atoms with Crippen molar-refractivity contribution in [3.8, 4) is 0 Å². The van der Waals surface area contributed by atoms with E-state index in [1.165, 1.54) is 16.5 Å². The fourth-order valence-corrected chi connectivity index (χ4v) is 3.69. The number of halogens is 3. The molecule has 0 bridgehead atoms. The van der Waals surface area contributed by atoms with Gasteiger partial charge in [-0.05, 0) is 37.5 Å². The Balaban J connectivity index is 1.61. The molecule has 3 rings (SSSR count). The quantitative estimate of drug-likeness (QED) is 0.421. The van der Waals surface area contributed by atoms with E-state index in [1.807, 2.05) is 25.3 Å². The topological polar surface area (TPSA) is 65.1 Å². The van der Waals surface area contributed by atoms with Gasteiger partial charge >= 0.3 is 6.18 Å². The van der Waals surface area contributed by atoms with Crippen molar-refractivity contribution < 1.29 is 13.2 Å². The first-order chi connectivity index (χ1) is 13.4. The number of aromatic nitrogens is 2. The summed E-state index contributed by atoms with van der Waals surface area (Å²) in [7, 11) is 0. The average molecular weight is 409 g/mol.